The first kappa shape index (κ1) is 17.9. The van der Waals surface area contributed by atoms with E-state index in [9.17, 15) is 4.79 Å². The number of benzene rings is 1. The number of fused-ring (bicyclic) bond motifs is 5. The number of hydrogen-bond acceptors (Lipinski definition) is 2. The van der Waals surface area contributed by atoms with Gasteiger partial charge in [-0.15, -0.1) is 0 Å². The van der Waals surface area contributed by atoms with Crippen molar-refractivity contribution in [3.8, 4) is 0 Å². The van der Waals surface area contributed by atoms with Crippen LogP contribution in [0, 0.1) is 29.1 Å². The van der Waals surface area contributed by atoms with E-state index >= 15 is 4.39 Å². The first-order valence-corrected chi connectivity index (χ1v) is 10.5. The Morgan fingerprint density at radius 2 is 2.04 bits per heavy atom. The summed E-state index contributed by atoms with van der Waals surface area (Å²) in [7, 11) is 0. The summed E-state index contributed by atoms with van der Waals surface area (Å²) in [6, 6.07) is 10.1. The topological polar surface area (TPSA) is 26.3 Å². The molecule has 5 rings (SSSR count). The van der Waals surface area contributed by atoms with E-state index in [-0.39, 0.29) is 23.2 Å². The molecule has 146 valence electrons. The molecule has 4 aliphatic carbocycles. The van der Waals surface area contributed by atoms with Crippen molar-refractivity contribution in [2.75, 3.05) is 0 Å². The molecule has 0 aliphatic heterocycles. The predicted molar refractivity (Wildman–Crippen MR) is 107 cm³/mol. The van der Waals surface area contributed by atoms with Crippen LogP contribution in [0.3, 0.4) is 0 Å². The zero-order chi connectivity index (χ0) is 19.3. The highest BCUT2D eigenvalue weighted by Gasteiger charge is 2.57. The van der Waals surface area contributed by atoms with Gasteiger partial charge < -0.3 is 4.74 Å². The third-order valence-electron chi connectivity index (χ3n) is 7.68. The summed E-state index contributed by atoms with van der Waals surface area (Å²) in [6.45, 7) is 2.60. The third kappa shape index (κ3) is 2.78. The quantitative estimate of drug-likeness (QED) is 0.688. The van der Waals surface area contributed by atoms with Crippen LogP contribution >= 0.6 is 0 Å². The number of carbonyl (C=O) groups excluding carboxylic acids is 1. The van der Waals surface area contributed by atoms with E-state index in [0.29, 0.717) is 24.7 Å². The van der Waals surface area contributed by atoms with Gasteiger partial charge in [-0.25, -0.2) is 4.39 Å². The molecule has 0 unspecified atom stereocenters. The Bertz CT molecular complexity index is 868. The maximum Gasteiger partial charge on any atom is 0.139 e. The number of hydrogen-bond donors (Lipinski definition) is 0. The standard InChI is InChI=1S/C25H27FO2/c1-25-12-11-20-19-8-7-18(28-15-16-5-3-2-4-6-16)13-17(19)14-22(26)24(20)21(25)9-10-23(25)27/h2-8,13-14,19-22,24H,9-12,15H2,1H3/t19-,20+,21-,22+,24+,25-/m0/s1. The maximum atomic E-state index is 15.3. The van der Waals surface area contributed by atoms with Gasteiger partial charge in [-0.1, -0.05) is 43.3 Å². The molecule has 1 aromatic carbocycles. The molecule has 28 heavy (non-hydrogen) atoms. The minimum atomic E-state index is -0.968. The Labute approximate surface area is 166 Å². The number of alkyl halides is 1. The second-order valence-electron chi connectivity index (χ2n) is 9.08. The highest BCUT2D eigenvalue weighted by Crippen LogP contribution is 2.59. The molecule has 0 spiro atoms. The molecule has 1 aromatic rings. The van der Waals surface area contributed by atoms with Crippen LogP contribution in [0.1, 0.15) is 38.2 Å². The van der Waals surface area contributed by atoms with E-state index in [2.05, 4.69) is 13.0 Å². The van der Waals surface area contributed by atoms with E-state index < -0.39 is 6.17 Å². The summed E-state index contributed by atoms with van der Waals surface area (Å²) >= 11 is 0. The van der Waals surface area contributed by atoms with Gasteiger partial charge in [0.1, 0.15) is 24.3 Å². The Kier molecular flexibility index (Phi) is 4.30. The number of ether oxygens (including phenoxy) is 1. The second-order valence-corrected chi connectivity index (χ2v) is 9.08. The van der Waals surface area contributed by atoms with Gasteiger partial charge in [0.25, 0.3) is 0 Å². The van der Waals surface area contributed by atoms with Crippen molar-refractivity contribution in [3.05, 3.63) is 71.5 Å². The van der Waals surface area contributed by atoms with Crippen LogP contribution in [-0.4, -0.2) is 12.0 Å². The van der Waals surface area contributed by atoms with Crippen LogP contribution in [0.25, 0.3) is 0 Å². The van der Waals surface area contributed by atoms with Crippen LogP contribution < -0.4 is 0 Å². The summed E-state index contributed by atoms with van der Waals surface area (Å²) < 4.78 is 21.3. The molecule has 0 radical (unpaired) electrons. The van der Waals surface area contributed by atoms with E-state index in [4.69, 9.17) is 4.74 Å². The summed E-state index contributed by atoms with van der Waals surface area (Å²) in [4.78, 5) is 12.4. The molecule has 2 fully saturated rings. The van der Waals surface area contributed by atoms with Gasteiger partial charge in [-0.3, -0.25) is 4.79 Å². The van der Waals surface area contributed by atoms with Gasteiger partial charge >= 0.3 is 0 Å². The lowest BCUT2D eigenvalue weighted by Crippen LogP contribution is -2.49. The van der Waals surface area contributed by atoms with Gasteiger partial charge in [0.05, 0.1) is 0 Å². The lowest BCUT2D eigenvalue weighted by Gasteiger charge is -2.50. The zero-order valence-corrected chi connectivity index (χ0v) is 16.3. The van der Waals surface area contributed by atoms with E-state index in [1.165, 1.54) is 0 Å². The van der Waals surface area contributed by atoms with Crippen molar-refractivity contribution in [2.45, 2.75) is 45.4 Å². The van der Waals surface area contributed by atoms with Crippen LogP contribution in [0.5, 0.6) is 0 Å². The monoisotopic (exact) mass is 378 g/mol. The minimum absolute atomic E-state index is 0.0243. The number of ketones is 1. The van der Waals surface area contributed by atoms with Gasteiger partial charge in [0, 0.05) is 23.7 Å². The summed E-state index contributed by atoms with van der Waals surface area (Å²) in [5.41, 5.74) is 1.87. The number of halogens is 1. The molecule has 0 bridgehead atoms. The summed E-state index contributed by atoms with van der Waals surface area (Å²) in [5.74, 6) is 1.87. The van der Waals surface area contributed by atoms with Gasteiger partial charge in [-0.05, 0) is 60.5 Å². The Hall–Kier alpha value is -2.16. The normalized spacial score (nSPS) is 38.8. The second kappa shape index (κ2) is 6.72. The van der Waals surface area contributed by atoms with Crippen molar-refractivity contribution in [1.29, 1.82) is 0 Å². The van der Waals surface area contributed by atoms with Crippen LogP contribution in [0.4, 0.5) is 4.39 Å². The van der Waals surface area contributed by atoms with E-state index in [1.807, 2.05) is 42.5 Å². The zero-order valence-electron chi connectivity index (χ0n) is 16.3. The summed E-state index contributed by atoms with van der Waals surface area (Å²) in [6.07, 6.45) is 10.4. The van der Waals surface area contributed by atoms with Crippen molar-refractivity contribution in [1.82, 2.24) is 0 Å². The lowest BCUT2D eigenvalue weighted by molar-refractivity contribution is -0.131. The molecule has 0 amide bonds. The minimum Gasteiger partial charge on any atom is -0.489 e. The van der Waals surface area contributed by atoms with Gasteiger partial charge in [0.15, 0.2) is 0 Å². The first-order valence-electron chi connectivity index (χ1n) is 10.5. The molecule has 2 nitrogen and oxygen atoms in total. The third-order valence-corrected chi connectivity index (χ3v) is 7.68. The predicted octanol–water partition coefficient (Wildman–Crippen LogP) is 5.56. The van der Waals surface area contributed by atoms with E-state index in [0.717, 1.165) is 36.2 Å². The molecule has 2 saturated carbocycles. The fourth-order valence-corrected chi connectivity index (χ4v) is 6.17. The number of rotatable bonds is 3. The Balaban J connectivity index is 1.37. The first-order chi connectivity index (χ1) is 13.6. The fourth-order valence-electron chi connectivity index (χ4n) is 6.17. The maximum absolute atomic E-state index is 15.3. The Morgan fingerprint density at radius 3 is 2.86 bits per heavy atom. The molecule has 4 aliphatic rings. The molecule has 0 aromatic heterocycles. The number of allylic oxidation sites excluding steroid dienone is 5. The number of carbonyl (C=O) groups is 1. The largest absolute Gasteiger partial charge is 0.489 e. The highest BCUT2D eigenvalue weighted by molar-refractivity contribution is 5.87. The van der Waals surface area contributed by atoms with Crippen LogP contribution in [0.15, 0.2) is 66.0 Å². The van der Waals surface area contributed by atoms with Gasteiger partial charge in [-0.2, -0.15) is 0 Å². The average Bonchev–Trinajstić information content (AvgIpc) is 3.01. The molecular formula is C25H27FO2. The SMILES string of the molecule is C[C@]12CC[C@H]3[C@@H]([C@H](F)C=C4C=C(OCc5ccccc5)C=C[C@@H]43)[C@@H]1CCC2=O. The number of Topliss-reactive ketones (excluding diaryl/α,β-unsaturated/α-hetero) is 1. The molecular weight excluding hydrogens is 351 g/mol. The Morgan fingerprint density at radius 1 is 1.21 bits per heavy atom. The molecule has 6 atom stereocenters. The molecule has 0 N–H and O–H groups in total. The van der Waals surface area contributed by atoms with Gasteiger partial charge in [0.2, 0.25) is 0 Å². The van der Waals surface area contributed by atoms with Crippen LogP contribution in [0.2, 0.25) is 0 Å². The smallest absolute Gasteiger partial charge is 0.139 e. The van der Waals surface area contributed by atoms with Crippen molar-refractivity contribution >= 4 is 5.78 Å². The average molecular weight is 378 g/mol. The van der Waals surface area contributed by atoms with E-state index in [1.54, 1.807) is 6.08 Å². The van der Waals surface area contributed by atoms with Crippen LogP contribution in [-0.2, 0) is 16.1 Å². The van der Waals surface area contributed by atoms with Crippen molar-refractivity contribution in [3.63, 3.8) is 0 Å². The van der Waals surface area contributed by atoms with Crippen molar-refractivity contribution in [2.24, 2.45) is 29.1 Å². The summed E-state index contributed by atoms with van der Waals surface area (Å²) in [5, 5.41) is 0. The van der Waals surface area contributed by atoms with Crippen molar-refractivity contribution < 1.29 is 13.9 Å². The lowest BCUT2D eigenvalue weighted by atomic mass is 9.53. The molecule has 3 heteroatoms. The highest BCUT2D eigenvalue weighted by atomic mass is 19.1. The molecule has 0 heterocycles. The molecule has 0 saturated heterocycles. The fraction of sp³-hybridized carbons (Fsp3) is 0.480.